The summed E-state index contributed by atoms with van der Waals surface area (Å²) in [5.41, 5.74) is 0.822. The molecule has 0 spiro atoms. The highest BCUT2D eigenvalue weighted by molar-refractivity contribution is 7.92. The van der Waals surface area contributed by atoms with E-state index in [9.17, 15) is 26.8 Å². The van der Waals surface area contributed by atoms with Gasteiger partial charge in [-0.15, -0.1) is 0 Å². The Kier molecular flexibility index (Phi) is 11.3. The van der Waals surface area contributed by atoms with Crippen LogP contribution in [0.1, 0.15) is 31.4 Å². The lowest BCUT2D eigenvalue weighted by atomic mass is 10.0. The second-order valence-electron chi connectivity index (χ2n) is 10.6. The average Bonchev–Trinajstić information content (AvgIpc) is 3.04. The number of amides is 2. The number of nitrogens with one attached hydrogen (secondary N) is 1. The first-order valence-electron chi connectivity index (χ1n) is 14.4. The number of carbonyl (C=O) groups excluding carboxylic acids is 2. The first-order valence-corrected chi connectivity index (χ1v) is 16.2. The molecule has 236 valence electrons. The van der Waals surface area contributed by atoms with Crippen LogP contribution in [0, 0.1) is 11.6 Å². The highest BCUT2D eigenvalue weighted by Gasteiger charge is 2.35. The van der Waals surface area contributed by atoms with Crippen LogP contribution in [-0.2, 0) is 32.6 Å². The van der Waals surface area contributed by atoms with Gasteiger partial charge in [-0.2, -0.15) is 0 Å². The lowest BCUT2D eigenvalue weighted by Gasteiger charge is -2.34. The Morgan fingerprint density at radius 1 is 0.867 bits per heavy atom. The van der Waals surface area contributed by atoms with Crippen LogP contribution >= 0.6 is 11.6 Å². The maximum atomic E-state index is 15.0. The van der Waals surface area contributed by atoms with Crippen LogP contribution in [0.2, 0.25) is 5.02 Å². The third kappa shape index (κ3) is 8.46. The molecule has 0 saturated heterocycles. The Morgan fingerprint density at radius 2 is 1.49 bits per heavy atom. The van der Waals surface area contributed by atoms with Gasteiger partial charge in [0, 0.05) is 24.6 Å². The maximum absolute atomic E-state index is 15.0. The van der Waals surface area contributed by atoms with Gasteiger partial charge in [0.1, 0.15) is 24.2 Å². The van der Waals surface area contributed by atoms with E-state index in [1.807, 2.05) is 32.0 Å². The number of halogens is 3. The number of hydrogen-bond acceptors (Lipinski definition) is 4. The number of sulfonamides is 1. The summed E-state index contributed by atoms with van der Waals surface area (Å²) in [6, 6.07) is 24.3. The Morgan fingerprint density at radius 3 is 2.11 bits per heavy atom. The van der Waals surface area contributed by atoms with Gasteiger partial charge in [-0.25, -0.2) is 17.2 Å². The Balaban J connectivity index is 1.83. The highest BCUT2D eigenvalue weighted by atomic mass is 35.5. The van der Waals surface area contributed by atoms with Gasteiger partial charge in [-0.05, 0) is 55.3 Å². The zero-order valence-corrected chi connectivity index (χ0v) is 26.4. The van der Waals surface area contributed by atoms with E-state index >= 15 is 0 Å². The topological polar surface area (TPSA) is 86.8 Å². The van der Waals surface area contributed by atoms with Crippen molar-refractivity contribution >= 4 is 39.1 Å². The summed E-state index contributed by atoms with van der Waals surface area (Å²) in [5, 5.41) is 2.58. The normalized spacial score (nSPS) is 12.6. The first-order chi connectivity index (χ1) is 21.5. The van der Waals surface area contributed by atoms with Crippen LogP contribution < -0.4 is 9.62 Å². The van der Waals surface area contributed by atoms with E-state index in [0.717, 1.165) is 22.0 Å². The molecule has 0 aliphatic heterocycles. The first kappa shape index (κ1) is 33.6. The summed E-state index contributed by atoms with van der Waals surface area (Å²) in [6.07, 6.45) is 0.705. The van der Waals surface area contributed by atoms with Crippen molar-refractivity contribution in [2.24, 2.45) is 0 Å². The van der Waals surface area contributed by atoms with Gasteiger partial charge >= 0.3 is 0 Å². The van der Waals surface area contributed by atoms with Crippen LogP contribution in [0.5, 0.6) is 0 Å². The van der Waals surface area contributed by atoms with Crippen LogP contribution in [-0.4, -0.2) is 43.8 Å². The maximum Gasteiger partial charge on any atom is 0.264 e. The molecule has 4 aromatic rings. The van der Waals surface area contributed by atoms with Gasteiger partial charge in [0.2, 0.25) is 11.8 Å². The van der Waals surface area contributed by atoms with E-state index in [4.69, 9.17) is 11.6 Å². The number of hydrogen-bond donors (Lipinski definition) is 1. The summed E-state index contributed by atoms with van der Waals surface area (Å²) < 4.78 is 57.9. The summed E-state index contributed by atoms with van der Waals surface area (Å²) >= 11 is 6.04. The fourth-order valence-electron chi connectivity index (χ4n) is 4.69. The number of rotatable bonds is 13. The van der Waals surface area contributed by atoms with E-state index in [-0.39, 0.29) is 40.2 Å². The molecule has 4 aromatic carbocycles. The molecular formula is C34H34ClF2N3O4S. The molecule has 0 aliphatic carbocycles. The molecule has 0 unspecified atom stereocenters. The van der Waals surface area contributed by atoms with Gasteiger partial charge in [-0.1, -0.05) is 85.3 Å². The molecule has 0 aromatic heterocycles. The minimum Gasteiger partial charge on any atom is -0.352 e. The summed E-state index contributed by atoms with van der Waals surface area (Å²) in [7, 11) is -4.39. The van der Waals surface area contributed by atoms with Crippen molar-refractivity contribution in [1.82, 2.24) is 10.2 Å². The number of benzene rings is 4. The molecular weight excluding hydrogens is 620 g/mol. The highest BCUT2D eigenvalue weighted by Crippen LogP contribution is 2.28. The zero-order valence-electron chi connectivity index (χ0n) is 24.9. The van der Waals surface area contributed by atoms with Crippen molar-refractivity contribution in [3.8, 4) is 0 Å². The van der Waals surface area contributed by atoms with E-state index in [1.165, 1.54) is 53.4 Å². The fourth-order valence-corrected chi connectivity index (χ4v) is 6.30. The van der Waals surface area contributed by atoms with E-state index in [2.05, 4.69) is 5.32 Å². The summed E-state index contributed by atoms with van der Waals surface area (Å²) in [5.74, 6) is -2.61. The molecule has 2 amide bonds. The van der Waals surface area contributed by atoms with E-state index in [0.29, 0.717) is 6.42 Å². The second-order valence-corrected chi connectivity index (χ2v) is 12.8. The third-order valence-electron chi connectivity index (χ3n) is 7.37. The van der Waals surface area contributed by atoms with Gasteiger partial charge in [0.05, 0.1) is 15.6 Å². The minimum absolute atomic E-state index is 0.0619. The minimum atomic E-state index is -4.39. The number of anilines is 1. The molecule has 2 atom stereocenters. The Hall–Kier alpha value is -4.28. The van der Waals surface area contributed by atoms with Crippen molar-refractivity contribution in [2.45, 2.75) is 50.2 Å². The van der Waals surface area contributed by atoms with Gasteiger partial charge < -0.3 is 10.2 Å². The van der Waals surface area contributed by atoms with Gasteiger partial charge in [0.25, 0.3) is 10.0 Å². The van der Waals surface area contributed by atoms with Crippen molar-refractivity contribution in [1.29, 1.82) is 0 Å². The fraction of sp³-hybridized carbons (Fsp3) is 0.235. The molecule has 0 aliphatic rings. The quantitative estimate of drug-likeness (QED) is 0.182. The molecule has 0 bridgehead atoms. The Labute approximate surface area is 267 Å². The number of carbonyl (C=O) groups is 2. The van der Waals surface area contributed by atoms with Crippen molar-refractivity contribution in [2.75, 3.05) is 10.8 Å². The molecule has 0 saturated carbocycles. The molecule has 0 heterocycles. The predicted molar refractivity (Wildman–Crippen MR) is 171 cm³/mol. The molecule has 0 radical (unpaired) electrons. The van der Waals surface area contributed by atoms with Crippen molar-refractivity contribution in [3.05, 3.63) is 131 Å². The summed E-state index contributed by atoms with van der Waals surface area (Å²) in [4.78, 5) is 29.3. The number of nitrogens with zero attached hydrogens (tertiary/aromatic N) is 2. The van der Waals surface area contributed by atoms with Crippen molar-refractivity contribution in [3.63, 3.8) is 0 Å². The van der Waals surface area contributed by atoms with Crippen molar-refractivity contribution < 1.29 is 26.8 Å². The van der Waals surface area contributed by atoms with Crippen LogP contribution in [0.25, 0.3) is 0 Å². The molecule has 11 heteroatoms. The summed E-state index contributed by atoms with van der Waals surface area (Å²) in [6.45, 7) is 2.63. The predicted octanol–water partition coefficient (Wildman–Crippen LogP) is 6.37. The molecule has 0 fully saturated rings. The second kappa shape index (κ2) is 15.1. The Bertz CT molecular complexity index is 1730. The SMILES string of the molecule is CC[C@@H](C)NC(=O)[C@H](Cc1ccccc1)N(Cc1ccccc1F)C(=O)CN(c1ccc(F)c(Cl)c1)S(=O)(=O)c1ccccc1. The van der Waals surface area contributed by atoms with Crippen LogP contribution in [0.4, 0.5) is 14.5 Å². The third-order valence-corrected chi connectivity index (χ3v) is 9.45. The molecule has 45 heavy (non-hydrogen) atoms. The molecule has 7 nitrogen and oxygen atoms in total. The molecule has 1 N–H and O–H groups in total. The lowest BCUT2D eigenvalue weighted by molar-refractivity contribution is -0.140. The van der Waals surface area contributed by atoms with Crippen LogP contribution in [0.3, 0.4) is 0 Å². The lowest BCUT2D eigenvalue weighted by Crippen LogP contribution is -2.54. The monoisotopic (exact) mass is 653 g/mol. The molecule has 4 rings (SSSR count). The van der Waals surface area contributed by atoms with Crippen LogP contribution in [0.15, 0.2) is 108 Å². The largest absolute Gasteiger partial charge is 0.352 e. The smallest absolute Gasteiger partial charge is 0.264 e. The van der Waals surface area contributed by atoms with E-state index in [1.54, 1.807) is 24.3 Å². The van der Waals surface area contributed by atoms with E-state index < -0.39 is 46.1 Å². The van der Waals surface area contributed by atoms with Gasteiger partial charge in [-0.3, -0.25) is 13.9 Å². The zero-order chi connectivity index (χ0) is 32.6. The van der Waals surface area contributed by atoms with Gasteiger partial charge in [0.15, 0.2) is 0 Å². The average molecular weight is 654 g/mol. The standard InChI is InChI=1S/C34H34ClF2N3O4S/c1-3-24(2)38-34(42)32(20-25-12-6-4-7-13-25)39(22-26-14-10-11-17-30(26)36)33(41)23-40(27-18-19-31(37)29(35)21-27)45(43,44)28-15-8-5-9-16-28/h4-19,21,24,32H,3,20,22-23H2,1-2H3,(H,38,42)/t24-,32+/m1/s1.